The zero-order valence-electron chi connectivity index (χ0n) is 16.4. The normalized spacial score (nSPS) is 13.7. The number of rotatable bonds is 5. The van der Waals surface area contributed by atoms with Gasteiger partial charge < -0.3 is 14.4 Å². The number of nitrogens with zero attached hydrogens (tertiary/aromatic N) is 2. The molecule has 1 aliphatic rings. The van der Waals surface area contributed by atoms with Gasteiger partial charge in [-0.25, -0.2) is 0 Å². The predicted molar refractivity (Wildman–Crippen MR) is 113 cm³/mol. The number of benzene rings is 2. The highest BCUT2D eigenvalue weighted by atomic mass is 16.5. The van der Waals surface area contributed by atoms with E-state index in [0.29, 0.717) is 29.9 Å². The van der Waals surface area contributed by atoms with Crippen LogP contribution in [0, 0.1) is 0 Å². The van der Waals surface area contributed by atoms with Crippen molar-refractivity contribution in [2.75, 3.05) is 6.54 Å². The minimum Gasteiger partial charge on any atom is -0.361 e. The summed E-state index contributed by atoms with van der Waals surface area (Å²) in [5.74, 6) is 0.651. The molecule has 5 rings (SSSR count). The molecule has 0 unspecified atom stereocenters. The Kier molecular flexibility index (Phi) is 4.67. The number of hydrogen-bond donors (Lipinski definition) is 1. The van der Waals surface area contributed by atoms with E-state index in [2.05, 4.69) is 10.5 Å². The average molecular weight is 399 g/mol. The van der Waals surface area contributed by atoms with Crippen molar-refractivity contribution in [3.63, 3.8) is 0 Å². The smallest absolute Gasteiger partial charge is 0.267 e. The van der Waals surface area contributed by atoms with E-state index >= 15 is 0 Å². The Labute approximate surface area is 173 Å². The number of nitrogens with one attached hydrogen (secondary N) is 1. The van der Waals surface area contributed by atoms with Gasteiger partial charge in [0.25, 0.3) is 5.91 Å². The highest BCUT2D eigenvalue weighted by Crippen LogP contribution is 2.24. The maximum atomic E-state index is 12.9. The number of hydrogen-bond acceptors (Lipinski definition) is 4. The van der Waals surface area contributed by atoms with Crippen LogP contribution in [-0.2, 0) is 19.4 Å². The second-order valence-corrected chi connectivity index (χ2v) is 7.61. The molecule has 4 aromatic rings. The first-order valence-corrected chi connectivity index (χ1v) is 10.1. The fraction of sp³-hybridized carbons (Fsp3) is 0.208. The lowest BCUT2D eigenvalue weighted by atomic mass is 10.0. The van der Waals surface area contributed by atoms with Gasteiger partial charge in [0, 0.05) is 42.0 Å². The lowest BCUT2D eigenvalue weighted by molar-refractivity contribution is 0.0950. The third-order valence-corrected chi connectivity index (χ3v) is 5.47. The standard InChI is InChI=1S/C24H21N3O3/c28-23(15-19-14-20(30-26-19)11-16-5-2-1-3-6-16)18-8-7-17-12-22-24(29)25-9-4-10-27(22)21(17)13-18/h1-3,5-8,12-14H,4,9-11,15H2,(H,25,29). The molecule has 2 aromatic heterocycles. The van der Waals surface area contributed by atoms with Crippen LogP contribution >= 0.6 is 0 Å². The molecule has 6 nitrogen and oxygen atoms in total. The van der Waals surface area contributed by atoms with E-state index in [9.17, 15) is 9.59 Å². The maximum absolute atomic E-state index is 12.9. The van der Waals surface area contributed by atoms with E-state index in [1.54, 1.807) is 0 Å². The number of amides is 1. The molecule has 6 heteroatoms. The van der Waals surface area contributed by atoms with Crippen molar-refractivity contribution in [1.29, 1.82) is 0 Å². The van der Waals surface area contributed by atoms with Gasteiger partial charge in [-0.3, -0.25) is 9.59 Å². The van der Waals surface area contributed by atoms with Crippen LogP contribution in [0.1, 0.15) is 44.3 Å². The van der Waals surface area contributed by atoms with Gasteiger partial charge in [0.2, 0.25) is 0 Å². The Morgan fingerprint density at radius 2 is 1.97 bits per heavy atom. The second kappa shape index (κ2) is 7.63. The van der Waals surface area contributed by atoms with Gasteiger partial charge in [-0.05, 0) is 24.1 Å². The van der Waals surface area contributed by atoms with E-state index in [0.717, 1.165) is 35.2 Å². The van der Waals surface area contributed by atoms with Crippen molar-refractivity contribution in [3.8, 4) is 0 Å². The van der Waals surface area contributed by atoms with Crippen molar-refractivity contribution >= 4 is 22.6 Å². The molecule has 0 atom stereocenters. The van der Waals surface area contributed by atoms with Gasteiger partial charge in [0.1, 0.15) is 11.5 Å². The van der Waals surface area contributed by atoms with E-state index in [1.807, 2.05) is 65.2 Å². The Morgan fingerprint density at radius 3 is 2.83 bits per heavy atom. The summed E-state index contributed by atoms with van der Waals surface area (Å²) in [6.45, 7) is 1.42. The number of carbonyl (C=O) groups excluding carboxylic acids is 2. The Hall–Kier alpha value is -3.67. The number of fused-ring (bicyclic) bond motifs is 3. The van der Waals surface area contributed by atoms with Crippen LogP contribution in [-0.4, -0.2) is 28.0 Å². The fourth-order valence-electron chi connectivity index (χ4n) is 3.97. The van der Waals surface area contributed by atoms with Crippen molar-refractivity contribution < 1.29 is 14.1 Å². The molecule has 1 N–H and O–H groups in total. The third-order valence-electron chi connectivity index (χ3n) is 5.47. The summed E-state index contributed by atoms with van der Waals surface area (Å²) in [6.07, 6.45) is 1.69. The average Bonchev–Trinajstić information content (AvgIpc) is 3.30. The molecule has 0 aliphatic carbocycles. The lowest BCUT2D eigenvalue weighted by Crippen LogP contribution is -2.22. The van der Waals surface area contributed by atoms with Crippen molar-refractivity contribution in [2.45, 2.75) is 25.8 Å². The van der Waals surface area contributed by atoms with Crippen LogP contribution in [0.25, 0.3) is 10.9 Å². The Morgan fingerprint density at radius 1 is 1.10 bits per heavy atom. The number of aromatic nitrogens is 2. The molecule has 30 heavy (non-hydrogen) atoms. The SMILES string of the molecule is O=C(Cc1cc(Cc2ccccc2)on1)c1ccc2cc3n(c2c1)CCCNC3=O. The van der Waals surface area contributed by atoms with Gasteiger partial charge in [-0.1, -0.05) is 47.6 Å². The van der Waals surface area contributed by atoms with E-state index in [1.165, 1.54) is 0 Å². The van der Waals surface area contributed by atoms with Crippen LogP contribution in [0.3, 0.4) is 0 Å². The highest BCUT2D eigenvalue weighted by molar-refractivity contribution is 6.03. The summed E-state index contributed by atoms with van der Waals surface area (Å²) >= 11 is 0. The van der Waals surface area contributed by atoms with Crippen molar-refractivity contribution in [2.24, 2.45) is 0 Å². The number of aryl methyl sites for hydroxylation is 1. The largest absolute Gasteiger partial charge is 0.361 e. The van der Waals surface area contributed by atoms with Gasteiger partial charge in [-0.2, -0.15) is 0 Å². The van der Waals surface area contributed by atoms with Gasteiger partial charge in [0.15, 0.2) is 5.78 Å². The van der Waals surface area contributed by atoms with E-state index in [4.69, 9.17) is 4.52 Å². The first-order chi connectivity index (χ1) is 14.7. The zero-order chi connectivity index (χ0) is 20.5. The maximum Gasteiger partial charge on any atom is 0.267 e. The molecular formula is C24H21N3O3. The van der Waals surface area contributed by atoms with Crippen LogP contribution in [0.4, 0.5) is 0 Å². The zero-order valence-corrected chi connectivity index (χ0v) is 16.4. The summed E-state index contributed by atoms with van der Waals surface area (Å²) in [5.41, 5.74) is 3.93. The quantitative estimate of drug-likeness (QED) is 0.518. The number of carbonyl (C=O) groups is 2. The van der Waals surface area contributed by atoms with Gasteiger partial charge in [-0.15, -0.1) is 0 Å². The third kappa shape index (κ3) is 3.52. The van der Waals surface area contributed by atoms with E-state index < -0.39 is 0 Å². The topological polar surface area (TPSA) is 77.1 Å². The fourth-order valence-corrected chi connectivity index (χ4v) is 3.97. The Balaban J connectivity index is 1.36. The van der Waals surface area contributed by atoms with Crippen molar-refractivity contribution in [1.82, 2.24) is 15.0 Å². The summed E-state index contributed by atoms with van der Waals surface area (Å²) in [4.78, 5) is 25.1. The second-order valence-electron chi connectivity index (χ2n) is 7.61. The van der Waals surface area contributed by atoms with Crippen molar-refractivity contribution in [3.05, 3.63) is 88.9 Å². The summed E-state index contributed by atoms with van der Waals surface area (Å²) in [6, 6.07) is 19.3. The van der Waals surface area contributed by atoms with Gasteiger partial charge in [0.05, 0.1) is 12.1 Å². The monoisotopic (exact) mass is 399 g/mol. The van der Waals surface area contributed by atoms with Crippen LogP contribution in [0.15, 0.2) is 65.2 Å². The molecule has 0 radical (unpaired) electrons. The molecule has 0 bridgehead atoms. The van der Waals surface area contributed by atoms with Crippen LogP contribution < -0.4 is 5.32 Å². The predicted octanol–water partition coefficient (Wildman–Crippen LogP) is 3.78. The van der Waals surface area contributed by atoms with Crippen LogP contribution in [0.2, 0.25) is 0 Å². The molecular weight excluding hydrogens is 378 g/mol. The number of Topliss-reactive ketones (excluding diaryl/α,β-unsaturated/α-hetero) is 1. The molecule has 0 saturated heterocycles. The minimum atomic E-state index is -0.0647. The summed E-state index contributed by atoms with van der Waals surface area (Å²) < 4.78 is 7.41. The summed E-state index contributed by atoms with van der Waals surface area (Å²) in [5, 5.41) is 7.94. The lowest BCUT2D eigenvalue weighted by Gasteiger charge is -2.06. The van der Waals surface area contributed by atoms with Gasteiger partial charge >= 0.3 is 0 Å². The van der Waals surface area contributed by atoms with Crippen LogP contribution in [0.5, 0.6) is 0 Å². The highest BCUT2D eigenvalue weighted by Gasteiger charge is 2.19. The number of ketones is 1. The molecule has 150 valence electrons. The first kappa shape index (κ1) is 18.4. The molecule has 1 aliphatic heterocycles. The molecule has 0 spiro atoms. The summed E-state index contributed by atoms with van der Waals surface area (Å²) in [7, 11) is 0. The molecule has 0 saturated carbocycles. The molecule has 0 fully saturated rings. The molecule has 2 aromatic carbocycles. The first-order valence-electron chi connectivity index (χ1n) is 10.1. The van der Waals surface area contributed by atoms with E-state index in [-0.39, 0.29) is 18.1 Å². The Bertz CT molecular complexity index is 1240. The minimum absolute atomic E-state index is 0.0231. The molecule has 1 amide bonds. The molecule has 3 heterocycles.